The number of benzene rings is 1. The minimum Gasteiger partial charge on any atom is -0.484 e. The average Bonchev–Trinajstić information content (AvgIpc) is 2.60. The molecule has 3 fully saturated rings. The molecular formula is C20H19ClFN3O3. The summed E-state index contributed by atoms with van der Waals surface area (Å²) in [5.41, 5.74) is 0.436. The summed E-state index contributed by atoms with van der Waals surface area (Å²) in [7, 11) is 0. The summed E-state index contributed by atoms with van der Waals surface area (Å²) in [6.45, 7) is -0.204. The number of amides is 2. The zero-order valence-corrected chi connectivity index (χ0v) is 15.8. The predicted octanol–water partition coefficient (Wildman–Crippen LogP) is 2.40. The van der Waals surface area contributed by atoms with E-state index < -0.39 is 5.82 Å². The molecule has 1 aromatic carbocycles. The number of hydrogen-bond donors (Lipinski definition) is 2. The highest BCUT2D eigenvalue weighted by Gasteiger charge is 2.69. The first-order valence-corrected chi connectivity index (χ1v) is 9.34. The molecule has 0 atom stereocenters. The van der Waals surface area contributed by atoms with Gasteiger partial charge in [0, 0.05) is 29.5 Å². The maximum absolute atomic E-state index is 13.4. The minimum absolute atomic E-state index is 0.00180. The molecule has 6 nitrogen and oxygen atoms in total. The van der Waals surface area contributed by atoms with Gasteiger partial charge in [-0.05, 0) is 49.1 Å². The number of aromatic nitrogens is 1. The van der Waals surface area contributed by atoms with Gasteiger partial charge in [0.25, 0.3) is 5.91 Å². The number of ether oxygens (including phenoxy) is 1. The molecule has 146 valence electrons. The highest BCUT2D eigenvalue weighted by atomic mass is 35.5. The molecule has 8 heteroatoms. The second-order valence-electron chi connectivity index (χ2n) is 7.58. The average molecular weight is 404 g/mol. The van der Waals surface area contributed by atoms with Gasteiger partial charge in [-0.25, -0.2) is 4.39 Å². The van der Waals surface area contributed by atoms with Gasteiger partial charge < -0.3 is 15.4 Å². The molecule has 0 spiro atoms. The summed E-state index contributed by atoms with van der Waals surface area (Å²) in [5, 5.41) is 6.04. The van der Waals surface area contributed by atoms with E-state index in [1.165, 1.54) is 12.1 Å². The van der Waals surface area contributed by atoms with Gasteiger partial charge in [-0.15, -0.1) is 0 Å². The van der Waals surface area contributed by atoms with Crippen LogP contribution in [0.5, 0.6) is 5.75 Å². The normalized spacial score (nSPS) is 24.5. The number of rotatable bonds is 7. The third-order valence-electron chi connectivity index (χ3n) is 5.21. The van der Waals surface area contributed by atoms with Crippen LogP contribution in [0, 0.1) is 5.82 Å². The van der Waals surface area contributed by atoms with Gasteiger partial charge in [-0.2, -0.15) is 0 Å². The molecule has 3 aliphatic rings. The Bertz CT molecular complexity index is 902. The number of nitrogens with one attached hydrogen (secondary N) is 2. The Labute approximate surface area is 166 Å². The van der Waals surface area contributed by atoms with Gasteiger partial charge in [0.2, 0.25) is 5.91 Å². The number of halogens is 2. The molecule has 28 heavy (non-hydrogen) atoms. The molecule has 1 heterocycles. The lowest BCUT2D eigenvalue weighted by Gasteiger charge is -2.70. The van der Waals surface area contributed by atoms with Crippen LogP contribution in [0.15, 0.2) is 42.7 Å². The second kappa shape index (κ2) is 7.05. The predicted molar refractivity (Wildman–Crippen MR) is 100 cm³/mol. The summed E-state index contributed by atoms with van der Waals surface area (Å²) < 4.78 is 18.7. The van der Waals surface area contributed by atoms with Gasteiger partial charge in [-0.3, -0.25) is 14.6 Å². The van der Waals surface area contributed by atoms with Crippen molar-refractivity contribution in [3.63, 3.8) is 0 Å². The van der Waals surface area contributed by atoms with Crippen LogP contribution in [0.4, 0.5) is 4.39 Å². The van der Waals surface area contributed by atoms with E-state index in [1.54, 1.807) is 12.4 Å². The largest absolute Gasteiger partial charge is 0.484 e. The van der Waals surface area contributed by atoms with E-state index in [0.29, 0.717) is 25.7 Å². The fourth-order valence-corrected chi connectivity index (χ4v) is 4.24. The highest BCUT2D eigenvalue weighted by Crippen LogP contribution is 2.60. The maximum atomic E-state index is 13.4. The van der Waals surface area contributed by atoms with Crippen LogP contribution < -0.4 is 15.4 Å². The van der Waals surface area contributed by atoms with Crippen molar-refractivity contribution in [1.29, 1.82) is 0 Å². The van der Waals surface area contributed by atoms with E-state index in [4.69, 9.17) is 16.3 Å². The molecule has 5 rings (SSSR count). The lowest BCUT2D eigenvalue weighted by Crippen LogP contribution is -2.84. The van der Waals surface area contributed by atoms with Gasteiger partial charge in [0.15, 0.2) is 6.61 Å². The van der Waals surface area contributed by atoms with Gasteiger partial charge in [0.05, 0.1) is 11.4 Å². The lowest BCUT2D eigenvalue weighted by atomic mass is 9.44. The van der Waals surface area contributed by atoms with Crippen LogP contribution in [0.2, 0.25) is 5.02 Å². The summed E-state index contributed by atoms with van der Waals surface area (Å²) in [5.74, 6) is -0.649. The van der Waals surface area contributed by atoms with Gasteiger partial charge >= 0.3 is 0 Å². The van der Waals surface area contributed by atoms with Crippen molar-refractivity contribution >= 4 is 23.4 Å². The first-order valence-electron chi connectivity index (χ1n) is 8.96. The molecular weight excluding hydrogens is 385 g/mol. The Morgan fingerprint density at radius 3 is 2.36 bits per heavy atom. The third kappa shape index (κ3) is 3.80. The van der Waals surface area contributed by atoms with E-state index in [2.05, 4.69) is 15.6 Å². The Morgan fingerprint density at radius 2 is 1.71 bits per heavy atom. The number of nitrogens with zero attached hydrogens (tertiary/aromatic N) is 1. The fraction of sp³-hybridized carbons (Fsp3) is 0.350. The minimum atomic E-state index is -0.594. The van der Waals surface area contributed by atoms with Crippen LogP contribution in [0.25, 0.3) is 0 Å². The zero-order chi connectivity index (χ0) is 19.8. The number of carbonyl (C=O) groups excluding carboxylic acids is 2. The molecule has 0 radical (unpaired) electrons. The van der Waals surface area contributed by atoms with Crippen molar-refractivity contribution in [3.05, 3.63) is 59.1 Å². The molecule has 2 aromatic rings. The SMILES string of the molecule is O=C(COc1ccc(Cl)c(F)c1)NC12CC(NC(=O)Cc3ccncc3)(C1)C2. The molecule has 1 aromatic heterocycles. The van der Waals surface area contributed by atoms with Crippen molar-refractivity contribution in [2.24, 2.45) is 0 Å². The van der Waals surface area contributed by atoms with Gasteiger partial charge in [0.1, 0.15) is 11.6 Å². The molecule has 2 N–H and O–H groups in total. The van der Waals surface area contributed by atoms with Crippen LogP contribution >= 0.6 is 11.6 Å². The lowest BCUT2D eigenvalue weighted by molar-refractivity contribution is -0.150. The van der Waals surface area contributed by atoms with E-state index in [9.17, 15) is 14.0 Å². The van der Waals surface area contributed by atoms with Crippen LogP contribution in [0.1, 0.15) is 24.8 Å². The van der Waals surface area contributed by atoms with Crippen molar-refractivity contribution in [1.82, 2.24) is 15.6 Å². The van der Waals surface area contributed by atoms with Crippen LogP contribution in [0.3, 0.4) is 0 Å². The van der Waals surface area contributed by atoms with Crippen LogP contribution in [-0.2, 0) is 16.0 Å². The molecule has 2 bridgehead atoms. The highest BCUT2D eigenvalue weighted by molar-refractivity contribution is 6.30. The Hall–Kier alpha value is -2.67. The fourth-order valence-electron chi connectivity index (χ4n) is 4.13. The maximum Gasteiger partial charge on any atom is 0.258 e. The number of carbonyl (C=O) groups is 2. The van der Waals surface area contributed by atoms with Crippen molar-refractivity contribution in [2.45, 2.75) is 36.8 Å². The standard InChI is InChI=1S/C20H19ClFN3O3/c21-15-2-1-14(8-16(15)22)28-9-18(27)25-20-10-19(11-20,12-20)24-17(26)7-13-3-5-23-6-4-13/h1-6,8H,7,9-12H2,(H,24,26)(H,25,27). The smallest absolute Gasteiger partial charge is 0.258 e. The molecule has 0 aliphatic heterocycles. The molecule has 3 saturated carbocycles. The van der Waals surface area contributed by atoms with Crippen molar-refractivity contribution in [3.8, 4) is 5.75 Å². The molecule has 0 saturated heterocycles. The van der Waals surface area contributed by atoms with E-state index >= 15 is 0 Å². The number of pyridine rings is 1. The first kappa shape index (κ1) is 18.7. The Kier molecular flexibility index (Phi) is 4.71. The van der Waals surface area contributed by atoms with Crippen molar-refractivity contribution in [2.75, 3.05) is 6.61 Å². The van der Waals surface area contributed by atoms with E-state index in [1.807, 2.05) is 12.1 Å². The molecule has 0 unspecified atom stereocenters. The summed E-state index contributed by atoms with van der Waals surface area (Å²) in [6.07, 6.45) is 5.77. The Morgan fingerprint density at radius 1 is 1.07 bits per heavy atom. The monoisotopic (exact) mass is 403 g/mol. The number of hydrogen-bond acceptors (Lipinski definition) is 4. The van der Waals surface area contributed by atoms with E-state index in [-0.39, 0.29) is 40.3 Å². The topological polar surface area (TPSA) is 80.3 Å². The summed E-state index contributed by atoms with van der Waals surface area (Å²) in [4.78, 5) is 28.3. The zero-order valence-electron chi connectivity index (χ0n) is 15.0. The Balaban J connectivity index is 1.20. The summed E-state index contributed by atoms with van der Waals surface area (Å²) >= 11 is 5.61. The molecule has 2 amide bonds. The van der Waals surface area contributed by atoms with Crippen LogP contribution in [-0.4, -0.2) is 34.5 Å². The van der Waals surface area contributed by atoms with Gasteiger partial charge in [-0.1, -0.05) is 11.6 Å². The third-order valence-corrected chi connectivity index (χ3v) is 5.52. The molecule has 3 aliphatic carbocycles. The quantitative estimate of drug-likeness (QED) is 0.744. The van der Waals surface area contributed by atoms with Crippen molar-refractivity contribution < 1.29 is 18.7 Å². The first-order chi connectivity index (χ1) is 13.4. The second-order valence-corrected chi connectivity index (χ2v) is 7.99. The summed E-state index contributed by atoms with van der Waals surface area (Å²) in [6, 6.07) is 7.66. The van der Waals surface area contributed by atoms with E-state index in [0.717, 1.165) is 11.6 Å².